The number of hydrogen-bond acceptors (Lipinski definition) is 5. The third-order valence-corrected chi connectivity index (χ3v) is 4.75. The third-order valence-electron chi connectivity index (χ3n) is 2.82. The normalized spacial score (nSPS) is 10.2. The molecule has 114 valence electrons. The highest BCUT2D eigenvalue weighted by molar-refractivity contribution is 7.99. The van der Waals surface area contributed by atoms with Crippen molar-refractivity contribution in [3.05, 3.63) is 45.9 Å². The first-order valence-corrected chi connectivity index (χ1v) is 9.05. The molecule has 1 aromatic carbocycles. The van der Waals surface area contributed by atoms with E-state index in [1.807, 2.05) is 0 Å². The average Bonchev–Trinajstić information content (AvgIpc) is 2.95. The van der Waals surface area contributed by atoms with Gasteiger partial charge < -0.3 is 5.32 Å². The van der Waals surface area contributed by atoms with E-state index in [0.29, 0.717) is 17.0 Å². The molecule has 0 aliphatic heterocycles. The Balaban J connectivity index is 1.76. The Morgan fingerprint density at radius 3 is 3.14 bits per heavy atom. The summed E-state index contributed by atoms with van der Waals surface area (Å²) in [7, 11) is 0. The second kappa shape index (κ2) is 8.57. The van der Waals surface area contributed by atoms with E-state index >= 15 is 0 Å². The molecule has 22 heavy (non-hydrogen) atoms. The molecular weight excluding hydrogens is 314 g/mol. The van der Waals surface area contributed by atoms with Crippen molar-refractivity contribution in [2.45, 2.75) is 25.5 Å². The van der Waals surface area contributed by atoms with Gasteiger partial charge in [-0.05, 0) is 31.0 Å². The third kappa shape index (κ3) is 5.17. The van der Waals surface area contributed by atoms with Crippen LogP contribution in [0.15, 0.2) is 29.6 Å². The number of amides is 1. The molecule has 0 aliphatic carbocycles. The number of hydrogen-bond donors (Lipinski definition) is 1. The molecule has 0 spiro atoms. The van der Waals surface area contributed by atoms with E-state index in [9.17, 15) is 4.79 Å². The van der Waals surface area contributed by atoms with Gasteiger partial charge in [-0.1, -0.05) is 13.0 Å². The maximum atomic E-state index is 11.9. The predicted molar refractivity (Wildman–Crippen MR) is 92.1 cm³/mol. The van der Waals surface area contributed by atoms with Gasteiger partial charge in [0.2, 0.25) is 5.91 Å². The van der Waals surface area contributed by atoms with Crippen LogP contribution in [0.2, 0.25) is 0 Å². The highest BCUT2D eigenvalue weighted by Crippen LogP contribution is 2.17. The minimum Gasteiger partial charge on any atom is -0.325 e. The van der Waals surface area contributed by atoms with Gasteiger partial charge in [0.05, 0.1) is 28.1 Å². The topological polar surface area (TPSA) is 65.8 Å². The van der Waals surface area contributed by atoms with E-state index in [-0.39, 0.29) is 5.91 Å². The smallest absolute Gasteiger partial charge is 0.234 e. The fourth-order valence-corrected chi connectivity index (χ4v) is 3.58. The summed E-state index contributed by atoms with van der Waals surface area (Å²) < 4.78 is 0. The van der Waals surface area contributed by atoms with Crippen LogP contribution >= 0.6 is 23.1 Å². The first kappa shape index (κ1) is 16.5. The number of carbonyl (C=O) groups excluding carboxylic acids is 1. The van der Waals surface area contributed by atoms with Gasteiger partial charge in [-0.15, -0.1) is 23.1 Å². The lowest BCUT2D eigenvalue weighted by atomic mass is 10.2. The SMILES string of the molecule is CCCc1nc(CSCC(=O)Nc2cccc(C#N)c2)cs1. The van der Waals surface area contributed by atoms with Gasteiger partial charge in [-0.25, -0.2) is 4.98 Å². The van der Waals surface area contributed by atoms with Crippen LogP contribution in [0.3, 0.4) is 0 Å². The van der Waals surface area contributed by atoms with Crippen molar-refractivity contribution < 1.29 is 4.79 Å². The van der Waals surface area contributed by atoms with Crippen molar-refractivity contribution in [2.24, 2.45) is 0 Å². The fraction of sp³-hybridized carbons (Fsp3) is 0.312. The van der Waals surface area contributed by atoms with E-state index in [1.165, 1.54) is 0 Å². The first-order valence-electron chi connectivity index (χ1n) is 7.02. The van der Waals surface area contributed by atoms with Crippen LogP contribution in [-0.4, -0.2) is 16.6 Å². The highest BCUT2D eigenvalue weighted by Gasteiger charge is 2.06. The molecule has 1 aromatic heterocycles. The van der Waals surface area contributed by atoms with Gasteiger partial charge >= 0.3 is 0 Å². The monoisotopic (exact) mass is 331 g/mol. The number of nitriles is 1. The van der Waals surface area contributed by atoms with E-state index in [4.69, 9.17) is 5.26 Å². The van der Waals surface area contributed by atoms with E-state index in [2.05, 4.69) is 28.7 Å². The Morgan fingerprint density at radius 2 is 2.36 bits per heavy atom. The molecule has 0 saturated carbocycles. The van der Waals surface area contributed by atoms with Crippen LogP contribution < -0.4 is 5.32 Å². The van der Waals surface area contributed by atoms with Gasteiger partial charge in [0, 0.05) is 16.8 Å². The second-order valence-corrected chi connectivity index (χ2v) is 6.64. The zero-order valence-corrected chi connectivity index (χ0v) is 14.0. The molecule has 2 aromatic rings. The molecule has 0 bridgehead atoms. The summed E-state index contributed by atoms with van der Waals surface area (Å²) in [5.41, 5.74) is 2.23. The maximum Gasteiger partial charge on any atom is 0.234 e. The summed E-state index contributed by atoms with van der Waals surface area (Å²) in [5, 5.41) is 14.9. The summed E-state index contributed by atoms with van der Waals surface area (Å²) in [4.78, 5) is 16.4. The molecule has 0 radical (unpaired) electrons. The fourth-order valence-electron chi connectivity index (χ4n) is 1.86. The second-order valence-electron chi connectivity index (χ2n) is 4.72. The number of nitrogens with one attached hydrogen (secondary N) is 1. The lowest BCUT2D eigenvalue weighted by Crippen LogP contribution is -2.14. The molecular formula is C16H17N3OS2. The summed E-state index contributed by atoms with van der Waals surface area (Å²) in [6.07, 6.45) is 2.12. The molecule has 0 unspecified atom stereocenters. The number of thioether (sulfide) groups is 1. The lowest BCUT2D eigenvalue weighted by Gasteiger charge is -2.04. The van der Waals surface area contributed by atoms with Crippen LogP contribution in [0.4, 0.5) is 5.69 Å². The van der Waals surface area contributed by atoms with Crippen LogP contribution in [0.1, 0.15) is 29.6 Å². The number of nitrogens with zero attached hydrogens (tertiary/aromatic N) is 2. The van der Waals surface area contributed by atoms with E-state index in [1.54, 1.807) is 47.4 Å². The van der Waals surface area contributed by atoms with Crippen LogP contribution in [-0.2, 0) is 17.0 Å². The Hall–Kier alpha value is -1.84. The molecule has 1 N–H and O–H groups in total. The molecule has 2 rings (SSSR count). The van der Waals surface area contributed by atoms with Gasteiger partial charge in [-0.3, -0.25) is 4.79 Å². The zero-order chi connectivity index (χ0) is 15.8. The number of benzene rings is 1. The van der Waals surface area contributed by atoms with Crippen molar-refractivity contribution in [1.29, 1.82) is 5.26 Å². The van der Waals surface area contributed by atoms with Crippen LogP contribution in [0.25, 0.3) is 0 Å². The summed E-state index contributed by atoms with van der Waals surface area (Å²) in [6, 6.07) is 8.96. The zero-order valence-electron chi connectivity index (χ0n) is 12.3. The van der Waals surface area contributed by atoms with Crippen molar-refractivity contribution >= 4 is 34.7 Å². The van der Waals surface area contributed by atoms with Crippen molar-refractivity contribution in [3.63, 3.8) is 0 Å². The number of thiazole rings is 1. The average molecular weight is 331 g/mol. The lowest BCUT2D eigenvalue weighted by molar-refractivity contribution is -0.113. The quantitative estimate of drug-likeness (QED) is 0.837. The standard InChI is InChI=1S/C16H17N3OS2/c1-2-4-16-19-14(10-22-16)9-21-11-15(20)18-13-6-3-5-12(7-13)8-17/h3,5-7,10H,2,4,9,11H2,1H3,(H,18,20). The Morgan fingerprint density at radius 1 is 1.50 bits per heavy atom. The van der Waals surface area contributed by atoms with Gasteiger partial charge in [0.1, 0.15) is 0 Å². The first-order chi connectivity index (χ1) is 10.7. The molecule has 0 atom stereocenters. The minimum atomic E-state index is -0.0656. The van der Waals surface area contributed by atoms with E-state index in [0.717, 1.165) is 29.3 Å². The van der Waals surface area contributed by atoms with Gasteiger partial charge in [-0.2, -0.15) is 5.26 Å². The number of rotatable bonds is 7. The molecule has 0 saturated heterocycles. The highest BCUT2D eigenvalue weighted by atomic mass is 32.2. The summed E-state index contributed by atoms with van der Waals surface area (Å²) in [6.45, 7) is 2.14. The molecule has 6 heteroatoms. The number of aryl methyl sites for hydroxylation is 1. The van der Waals surface area contributed by atoms with Gasteiger partial charge in [0.25, 0.3) is 0 Å². The molecule has 1 heterocycles. The van der Waals surface area contributed by atoms with Crippen LogP contribution in [0, 0.1) is 11.3 Å². The minimum absolute atomic E-state index is 0.0656. The molecule has 1 amide bonds. The summed E-state index contributed by atoms with van der Waals surface area (Å²) >= 11 is 3.23. The largest absolute Gasteiger partial charge is 0.325 e. The predicted octanol–water partition coefficient (Wildman–Crippen LogP) is 3.84. The van der Waals surface area contributed by atoms with Gasteiger partial charge in [0.15, 0.2) is 0 Å². The van der Waals surface area contributed by atoms with Crippen LogP contribution in [0.5, 0.6) is 0 Å². The number of aromatic nitrogens is 1. The Bertz CT molecular complexity index is 676. The number of anilines is 1. The molecule has 0 aliphatic rings. The molecule has 4 nitrogen and oxygen atoms in total. The molecule has 0 fully saturated rings. The number of carbonyl (C=O) groups is 1. The van der Waals surface area contributed by atoms with E-state index < -0.39 is 0 Å². The van der Waals surface area contributed by atoms with Crippen molar-refractivity contribution in [3.8, 4) is 6.07 Å². The maximum absolute atomic E-state index is 11.9. The van der Waals surface area contributed by atoms with Crippen molar-refractivity contribution in [1.82, 2.24) is 4.98 Å². The summed E-state index contributed by atoms with van der Waals surface area (Å²) in [5.74, 6) is 1.05. The Labute approximate surface area is 138 Å². The Kier molecular flexibility index (Phi) is 6.44. The van der Waals surface area contributed by atoms with Crippen molar-refractivity contribution in [2.75, 3.05) is 11.1 Å².